The van der Waals surface area contributed by atoms with Gasteiger partial charge < -0.3 is 15.1 Å². The molecule has 2 aliphatic rings. The van der Waals surface area contributed by atoms with Gasteiger partial charge in [-0.15, -0.1) is 11.3 Å². The zero-order valence-corrected chi connectivity index (χ0v) is 18.7. The highest BCUT2D eigenvalue weighted by Gasteiger charge is 2.31. The normalized spacial score (nSPS) is 19.5. The topological polar surface area (TPSA) is 85.9 Å². The molecular formula is C22H27N5O3S. The summed E-state index contributed by atoms with van der Waals surface area (Å²) in [6.07, 6.45) is 0.597. The Bertz CT molecular complexity index is 983. The first-order valence-corrected chi connectivity index (χ1v) is 11.4. The maximum Gasteiger partial charge on any atom is 0.241 e. The Morgan fingerprint density at radius 2 is 1.90 bits per heavy atom. The number of fused-ring (bicyclic) bond motifs is 1. The number of hydrogen-bond donors (Lipinski definition) is 1. The lowest BCUT2D eigenvalue weighted by Crippen LogP contribution is -2.52. The number of piperazine rings is 1. The summed E-state index contributed by atoms with van der Waals surface area (Å²) in [6, 6.07) is 7.19. The van der Waals surface area contributed by atoms with Crippen LogP contribution in [0.15, 0.2) is 29.6 Å². The predicted molar refractivity (Wildman–Crippen MR) is 120 cm³/mol. The summed E-state index contributed by atoms with van der Waals surface area (Å²) < 4.78 is 0. The van der Waals surface area contributed by atoms with Crippen LogP contribution in [0.2, 0.25) is 0 Å². The van der Waals surface area contributed by atoms with Gasteiger partial charge in [0.05, 0.1) is 24.3 Å². The minimum Gasteiger partial charge on any atom is -0.340 e. The number of aryl methyl sites for hydroxylation is 1. The van der Waals surface area contributed by atoms with Crippen molar-refractivity contribution < 1.29 is 14.4 Å². The molecule has 0 aliphatic carbocycles. The van der Waals surface area contributed by atoms with Crippen LogP contribution in [0.4, 0.5) is 11.4 Å². The van der Waals surface area contributed by atoms with E-state index < -0.39 is 0 Å². The van der Waals surface area contributed by atoms with Gasteiger partial charge in [0.15, 0.2) is 0 Å². The Labute approximate surface area is 185 Å². The van der Waals surface area contributed by atoms with Gasteiger partial charge in [-0.2, -0.15) is 0 Å². The molecule has 1 N–H and O–H groups in total. The van der Waals surface area contributed by atoms with Crippen molar-refractivity contribution in [3.63, 3.8) is 0 Å². The molecule has 1 unspecified atom stereocenters. The molecule has 2 aliphatic heterocycles. The van der Waals surface area contributed by atoms with E-state index in [4.69, 9.17) is 0 Å². The highest BCUT2D eigenvalue weighted by molar-refractivity contribution is 7.09. The molecule has 4 rings (SSSR count). The Morgan fingerprint density at radius 1 is 1.16 bits per heavy atom. The number of aromatic nitrogens is 1. The minimum absolute atomic E-state index is 0.0329. The number of para-hydroxylation sites is 2. The summed E-state index contributed by atoms with van der Waals surface area (Å²) in [5.74, 6) is -0.0349. The average Bonchev–Trinajstić information content (AvgIpc) is 3.08. The predicted octanol–water partition coefficient (Wildman–Crippen LogP) is 1.90. The van der Waals surface area contributed by atoms with Crippen LogP contribution in [0.25, 0.3) is 0 Å². The summed E-state index contributed by atoms with van der Waals surface area (Å²) in [5, 5.41) is 5.69. The number of amides is 3. The zero-order valence-electron chi connectivity index (χ0n) is 17.8. The third-order valence-electron chi connectivity index (χ3n) is 5.68. The molecule has 164 valence electrons. The molecule has 3 amide bonds. The van der Waals surface area contributed by atoms with Crippen LogP contribution < -0.4 is 10.2 Å². The van der Waals surface area contributed by atoms with E-state index in [2.05, 4.69) is 15.2 Å². The van der Waals surface area contributed by atoms with Crippen LogP contribution >= 0.6 is 11.3 Å². The number of hydrogen-bond acceptors (Lipinski definition) is 6. The average molecular weight is 442 g/mol. The SMILES string of the molecule is Cc1csc(CC(=O)N2CCN(CC(=O)N3c4ccccc4NC(=O)CC3C)CC2)n1. The van der Waals surface area contributed by atoms with Gasteiger partial charge in [-0.1, -0.05) is 12.1 Å². The standard InChI is InChI=1S/C22H27N5O3S/c1-15-14-31-20(23-15)12-21(29)26-9-7-25(8-10-26)13-22(30)27-16(2)11-19(28)24-17-5-3-4-6-18(17)27/h3-6,14,16H,7-13H2,1-2H3,(H,24,28). The van der Waals surface area contributed by atoms with Crippen molar-refractivity contribution in [2.45, 2.75) is 32.7 Å². The molecule has 1 fully saturated rings. The Hall–Kier alpha value is -2.78. The third-order valence-corrected chi connectivity index (χ3v) is 6.65. The summed E-state index contributed by atoms with van der Waals surface area (Å²) >= 11 is 1.51. The summed E-state index contributed by atoms with van der Waals surface area (Å²) in [5.41, 5.74) is 2.34. The van der Waals surface area contributed by atoms with Gasteiger partial charge in [0, 0.05) is 49.7 Å². The van der Waals surface area contributed by atoms with Gasteiger partial charge in [0.1, 0.15) is 5.01 Å². The van der Waals surface area contributed by atoms with Crippen molar-refractivity contribution in [1.82, 2.24) is 14.8 Å². The van der Waals surface area contributed by atoms with Crippen molar-refractivity contribution in [3.05, 3.63) is 40.3 Å². The first-order chi connectivity index (χ1) is 14.9. The molecule has 31 heavy (non-hydrogen) atoms. The number of carbonyl (C=O) groups is 3. The van der Waals surface area contributed by atoms with E-state index in [1.165, 1.54) is 11.3 Å². The number of thiazole rings is 1. The summed E-state index contributed by atoms with van der Waals surface area (Å²) in [4.78, 5) is 48.0. The molecule has 9 heteroatoms. The Morgan fingerprint density at radius 3 is 2.61 bits per heavy atom. The molecule has 3 heterocycles. The molecule has 1 aromatic heterocycles. The van der Waals surface area contributed by atoms with Crippen LogP contribution in [-0.2, 0) is 20.8 Å². The van der Waals surface area contributed by atoms with Crippen molar-refractivity contribution in [1.29, 1.82) is 0 Å². The molecule has 8 nitrogen and oxygen atoms in total. The van der Waals surface area contributed by atoms with Crippen LogP contribution in [0, 0.1) is 6.92 Å². The first kappa shape index (κ1) is 21.5. The van der Waals surface area contributed by atoms with Gasteiger partial charge in [0.25, 0.3) is 0 Å². The molecule has 1 atom stereocenters. The van der Waals surface area contributed by atoms with Gasteiger partial charge in [-0.05, 0) is 26.0 Å². The second kappa shape index (κ2) is 9.15. The number of carbonyl (C=O) groups excluding carboxylic acids is 3. The highest BCUT2D eigenvalue weighted by Crippen LogP contribution is 2.31. The monoisotopic (exact) mass is 441 g/mol. The fourth-order valence-electron chi connectivity index (χ4n) is 4.12. The fraction of sp³-hybridized carbons (Fsp3) is 0.455. The highest BCUT2D eigenvalue weighted by atomic mass is 32.1. The van der Waals surface area contributed by atoms with Gasteiger partial charge in [0.2, 0.25) is 17.7 Å². The molecule has 0 radical (unpaired) electrons. The van der Waals surface area contributed by atoms with E-state index in [9.17, 15) is 14.4 Å². The lowest BCUT2D eigenvalue weighted by molar-refractivity contribution is -0.132. The van der Waals surface area contributed by atoms with Crippen molar-refractivity contribution in [3.8, 4) is 0 Å². The van der Waals surface area contributed by atoms with E-state index in [1.54, 1.807) is 4.90 Å². The van der Waals surface area contributed by atoms with Gasteiger partial charge in [-0.25, -0.2) is 4.98 Å². The van der Waals surface area contributed by atoms with Crippen molar-refractivity contribution in [2.24, 2.45) is 0 Å². The van der Waals surface area contributed by atoms with Crippen molar-refractivity contribution >= 4 is 40.4 Å². The third kappa shape index (κ3) is 4.94. The largest absolute Gasteiger partial charge is 0.340 e. The van der Waals surface area contributed by atoms with E-state index in [1.807, 2.05) is 48.4 Å². The Balaban J connectivity index is 1.35. The molecule has 2 aromatic rings. The molecule has 0 saturated carbocycles. The Kier molecular flexibility index (Phi) is 6.33. The van der Waals surface area contributed by atoms with Crippen LogP contribution in [-0.4, -0.2) is 71.3 Å². The summed E-state index contributed by atoms with van der Waals surface area (Å²) in [7, 11) is 0. The van der Waals surface area contributed by atoms with Gasteiger partial charge in [-0.3, -0.25) is 19.3 Å². The zero-order chi connectivity index (χ0) is 22.0. The van der Waals surface area contributed by atoms with Crippen LogP contribution in [0.3, 0.4) is 0 Å². The van der Waals surface area contributed by atoms with E-state index in [0.29, 0.717) is 38.3 Å². The lowest BCUT2D eigenvalue weighted by Gasteiger charge is -2.36. The minimum atomic E-state index is -0.222. The number of rotatable bonds is 4. The molecule has 0 spiro atoms. The van der Waals surface area contributed by atoms with E-state index in [-0.39, 0.29) is 36.7 Å². The molecule has 1 aromatic carbocycles. The number of nitrogens with one attached hydrogen (secondary N) is 1. The van der Waals surface area contributed by atoms with E-state index in [0.717, 1.165) is 16.4 Å². The molecular weight excluding hydrogens is 414 g/mol. The maximum absolute atomic E-state index is 13.2. The maximum atomic E-state index is 13.2. The van der Waals surface area contributed by atoms with E-state index >= 15 is 0 Å². The smallest absolute Gasteiger partial charge is 0.241 e. The quantitative estimate of drug-likeness (QED) is 0.783. The molecule has 0 bridgehead atoms. The fourth-order valence-corrected chi connectivity index (χ4v) is 4.88. The second-order valence-corrected chi connectivity index (χ2v) is 9.04. The molecule has 1 saturated heterocycles. The number of nitrogens with zero attached hydrogens (tertiary/aromatic N) is 4. The van der Waals surface area contributed by atoms with Crippen LogP contribution in [0.1, 0.15) is 24.0 Å². The van der Waals surface area contributed by atoms with Gasteiger partial charge >= 0.3 is 0 Å². The number of anilines is 2. The second-order valence-electron chi connectivity index (χ2n) is 8.10. The van der Waals surface area contributed by atoms with Crippen molar-refractivity contribution in [2.75, 3.05) is 42.9 Å². The lowest BCUT2D eigenvalue weighted by atomic mass is 10.1. The summed E-state index contributed by atoms with van der Waals surface area (Å²) in [6.45, 7) is 6.59. The first-order valence-electron chi connectivity index (χ1n) is 10.5. The van der Waals surface area contributed by atoms with Crippen LogP contribution in [0.5, 0.6) is 0 Å². The number of benzene rings is 1.